The molecule has 0 saturated heterocycles. The molecule has 0 aliphatic rings. The lowest BCUT2D eigenvalue weighted by molar-refractivity contribution is 0.202. The van der Waals surface area contributed by atoms with Gasteiger partial charge in [-0.05, 0) is 43.0 Å². The van der Waals surface area contributed by atoms with E-state index in [2.05, 4.69) is 52.9 Å². The molecule has 0 rings (SSSR count). The van der Waals surface area contributed by atoms with Gasteiger partial charge in [-0.2, -0.15) is 0 Å². The third-order valence-electron chi connectivity index (χ3n) is 3.92. The maximum absolute atomic E-state index is 6.49. The van der Waals surface area contributed by atoms with E-state index in [-0.39, 0.29) is 11.1 Å². The van der Waals surface area contributed by atoms with Crippen LogP contribution in [0.3, 0.4) is 0 Å². The molecule has 0 spiro atoms. The molecule has 0 heterocycles. The minimum Gasteiger partial charge on any atom is -0.410 e. The molecule has 0 aromatic rings. The second-order valence-corrected chi connectivity index (χ2v) is 11.4. The molecule has 108 valence electrons. The van der Waals surface area contributed by atoms with Gasteiger partial charge < -0.3 is 4.43 Å². The normalized spacial score (nSPS) is 13.7. The van der Waals surface area contributed by atoms with Crippen molar-refractivity contribution in [1.82, 2.24) is 0 Å². The van der Waals surface area contributed by atoms with Crippen LogP contribution in [0.5, 0.6) is 0 Å². The first-order chi connectivity index (χ1) is 8.65. The molecule has 0 N–H and O–H groups in total. The fourth-order valence-electron chi connectivity index (χ4n) is 1.54. The molecule has 1 atom stereocenters. The first kappa shape index (κ1) is 18.2. The highest BCUT2D eigenvalue weighted by Gasteiger charge is 2.39. The SMILES string of the molecule is C#CCCC(=C)C(CCC=C)O[Si](C)(C)C(C)(C)C. The lowest BCUT2D eigenvalue weighted by Crippen LogP contribution is -2.44. The maximum Gasteiger partial charge on any atom is 0.192 e. The molecule has 0 bridgehead atoms. The van der Waals surface area contributed by atoms with E-state index in [1.807, 2.05) is 6.08 Å². The Morgan fingerprint density at radius 2 is 2.00 bits per heavy atom. The fraction of sp³-hybridized carbons (Fsp3) is 0.647. The molecular formula is C17H30OSi. The lowest BCUT2D eigenvalue weighted by Gasteiger charge is -2.40. The highest BCUT2D eigenvalue weighted by molar-refractivity contribution is 6.74. The van der Waals surface area contributed by atoms with Crippen molar-refractivity contribution in [2.75, 3.05) is 0 Å². The number of hydrogen-bond acceptors (Lipinski definition) is 1. The smallest absolute Gasteiger partial charge is 0.192 e. The van der Waals surface area contributed by atoms with E-state index in [1.54, 1.807) is 0 Å². The molecule has 1 nitrogen and oxygen atoms in total. The average molecular weight is 279 g/mol. The van der Waals surface area contributed by atoms with Gasteiger partial charge in [0, 0.05) is 6.42 Å². The zero-order valence-electron chi connectivity index (χ0n) is 13.4. The predicted molar refractivity (Wildman–Crippen MR) is 88.7 cm³/mol. The van der Waals surface area contributed by atoms with Crippen LogP contribution in [-0.2, 0) is 4.43 Å². The topological polar surface area (TPSA) is 9.23 Å². The van der Waals surface area contributed by atoms with Crippen LogP contribution >= 0.6 is 0 Å². The summed E-state index contributed by atoms with van der Waals surface area (Å²) >= 11 is 0. The van der Waals surface area contributed by atoms with Gasteiger partial charge in [0.05, 0.1) is 6.10 Å². The Morgan fingerprint density at radius 1 is 1.42 bits per heavy atom. The summed E-state index contributed by atoms with van der Waals surface area (Å²) in [7, 11) is -1.77. The van der Waals surface area contributed by atoms with Crippen LogP contribution in [-0.4, -0.2) is 14.4 Å². The van der Waals surface area contributed by atoms with Crippen molar-refractivity contribution in [2.24, 2.45) is 0 Å². The van der Waals surface area contributed by atoms with Gasteiger partial charge >= 0.3 is 0 Å². The van der Waals surface area contributed by atoms with Crippen LogP contribution in [0.4, 0.5) is 0 Å². The van der Waals surface area contributed by atoms with Gasteiger partial charge in [0.25, 0.3) is 0 Å². The molecule has 1 unspecified atom stereocenters. The summed E-state index contributed by atoms with van der Waals surface area (Å²) in [5.41, 5.74) is 1.13. The molecule has 0 saturated carbocycles. The van der Waals surface area contributed by atoms with Crippen molar-refractivity contribution < 1.29 is 4.43 Å². The number of allylic oxidation sites excluding steroid dienone is 1. The van der Waals surface area contributed by atoms with Crippen molar-refractivity contribution in [2.45, 2.75) is 70.7 Å². The van der Waals surface area contributed by atoms with Gasteiger partial charge in [-0.3, -0.25) is 0 Å². The molecule has 0 amide bonds. The average Bonchev–Trinajstić information content (AvgIpc) is 2.29. The first-order valence-corrected chi connectivity index (χ1v) is 9.96. The highest BCUT2D eigenvalue weighted by Crippen LogP contribution is 2.38. The first-order valence-electron chi connectivity index (χ1n) is 7.05. The molecule has 0 fully saturated rings. The summed E-state index contributed by atoms with van der Waals surface area (Å²) in [6, 6.07) is 0. The number of rotatable bonds is 8. The summed E-state index contributed by atoms with van der Waals surface area (Å²) in [6.07, 6.45) is 10.9. The Hall–Kier alpha value is -0.783. The summed E-state index contributed by atoms with van der Waals surface area (Å²) in [4.78, 5) is 0. The largest absolute Gasteiger partial charge is 0.410 e. The Morgan fingerprint density at radius 3 is 2.42 bits per heavy atom. The quantitative estimate of drug-likeness (QED) is 0.332. The van der Waals surface area contributed by atoms with E-state index in [0.717, 1.165) is 31.3 Å². The molecule has 0 aromatic carbocycles. The molecule has 0 aliphatic heterocycles. The summed E-state index contributed by atoms with van der Waals surface area (Å²) in [5, 5.41) is 0.214. The minimum atomic E-state index is -1.77. The van der Waals surface area contributed by atoms with Crippen molar-refractivity contribution >= 4 is 8.32 Å². The second kappa shape index (κ2) is 7.72. The van der Waals surface area contributed by atoms with Crippen molar-refractivity contribution in [3.63, 3.8) is 0 Å². The zero-order valence-corrected chi connectivity index (χ0v) is 14.4. The molecule has 0 radical (unpaired) electrons. The van der Waals surface area contributed by atoms with Gasteiger partial charge in [-0.15, -0.1) is 18.9 Å². The second-order valence-electron chi connectivity index (χ2n) is 6.60. The third kappa shape index (κ3) is 6.27. The van der Waals surface area contributed by atoms with Crippen molar-refractivity contribution in [1.29, 1.82) is 0 Å². The van der Waals surface area contributed by atoms with E-state index >= 15 is 0 Å². The molecule has 19 heavy (non-hydrogen) atoms. The van der Waals surface area contributed by atoms with E-state index in [0.29, 0.717) is 0 Å². The van der Waals surface area contributed by atoms with Crippen LogP contribution < -0.4 is 0 Å². The Labute approximate surface area is 121 Å². The third-order valence-corrected chi connectivity index (χ3v) is 8.41. The maximum atomic E-state index is 6.49. The monoisotopic (exact) mass is 278 g/mol. The molecule has 0 aromatic heterocycles. The van der Waals surface area contributed by atoms with E-state index in [1.165, 1.54) is 0 Å². The van der Waals surface area contributed by atoms with E-state index in [4.69, 9.17) is 10.8 Å². The zero-order chi connectivity index (χ0) is 15.1. The summed E-state index contributed by atoms with van der Waals surface area (Å²) in [5.74, 6) is 2.68. The molecule has 2 heteroatoms. The van der Waals surface area contributed by atoms with Crippen molar-refractivity contribution in [3.05, 3.63) is 24.8 Å². The van der Waals surface area contributed by atoms with Crippen LogP contribution in [0.2, 0.25) is 18.1 Å². The van der Waals surface area contributed by atoms with Crippen LogP contribution in [0, 0.1) is 12.3 Å². The number of hydrogen-bond donors (Lipinski definition) is 0. The predicted octanol–water partition coefficient (Wildman–Crippen LogP) is 5.31. The fourth-order valence-corrected chi connectivity index (χ4v) is 2.89. The highest BCUT2D eigenvalue weighted by atomic mass is 28.4. The molecular weight excluding hydrogens is 248 g/mol. The minimum absolute atomic E-state index is 0.118. The van der Waals surface area contributed by atoms with Crippen LogP contribution in [0.1, 0.15) is 46.5 Å². The standard InChI is InChI=1S/C17H30OSi/c1-9-11-13-15(3)16(14-12-10-2)18-19(7,8)17(4,5)6/h1,10,16H,2-3,11-14H2,4-8H3. The Balaban J connectivity index is 4.81. The van der Waals surface area contributed by atoms with E-state index < -0.39 is 8.32 Å². The van der Waals surface area contributed by atoms with Gasteiger partial charge in [0.2, 0.25) is 0 Å². The van der Waals surface area contributed by atoms with Gasteiger partial charge in [-0.25, -0.2) is 0 Å². The Kier molecular flexibility index (Phi) is 7.40. The van der Waals surface area contributed by atoms with Gasteiger partial charge in [-0.1, -0.05) is 33.4 Å². The van der Waals surface area contributed by atoms with Crippen LogP contribution in [0.15, 0.2) is 24.8 Å². The molecule has 0 aliphatic carbocycles. The van der Waals surface area contributed by atoms with E-state index in [9.17, 15) is 0 Å². The van der Waals surface area contributed by atoms with Crippen molar-refractivity contribution in [3.8, 4) is 12.3 Å². The summed E-state index contributed by atoms with van der Waals surface area (Å²) in [6.45, 7) is 19.3. The number of terminal acetylenes is 1. The van der Waals surface area contributed by atoms with Gasteiger partial charge in [0.1, 0.15) is 0 Å². The lowest BCUT2D eigenvalue weighted by atomic mass is 10.0. The van der Waals surface area contributed by atoms with Crippen LogP contribution in [0.25, 0.3) is 0 Å². The summed E-state index contributed by atoms with van der Waals surface area (Å²) < 4.78 is 6.49. The van der Waals surface area contributed by atoms with Gasteiger partial charge in [0.15, 0.2) is 8.32 Å². The Bertz CT molecular complexity index is 341.